The molecule has 0 radical (unpaired) electrons. The molecule has 3 saturated carbocycles. The lowest BCUT2D eigenvalue weighted by atomic mass is 9.45. The number of hydrogen-bond acceptors (Lipinski definition) is 0. The van der Waals surface area contributed by atoms with Gasteiger partial charge >= 0.3 is 0 Å². The van der Waals surface area contributed by atoms with E-state index in [1.54, 1.807) is 25.7 Å². The van der Waals surface area contributed by atoms with Gasteiger partial charge in [0.05, 0.1) is 0 Å². The predicted octanol–water partition coefficient (Wildman–Crippen LogP) is 5.59. The number of allylic oxidation sites excluding steroid dienone is 1. The first kappa shape index (κ1) is 12.8. The molecular weight excluding hydrogens is 216 g/mol. The van der Waals surface area contributed by atoms with Crippen LogP contribution in [0.2, 0.25) is 0 Å². The standard InChI is InChI=1S/C18H30/c1-3-5-15-6-8-16(9-7-15)17-12-18(13-17)10-14(4-2)11-18/h4,14-17H,2-3,5-13H2,1H3. The molecule has 0 bridgehead atoms. The molecule has 3 aliphatic rings. The molecule has 0 nitrogen and oxygen atoms in total. The van der Waals surface area contributed by atoms with E-state index in [1.807, 2.05) is 0 Å². The lowest BCUT2D eigenvalue weighted by Crippen LogP contribution is -2.49. The normalized spacial score (nSPS) is 47.4. The van der Waals surface area contributed by atoms with Crippen LogP contribution in [-0.4, -0.2) is 0 Å². The van der Waals surface area contributed by atoms with E-state index in [2.05, 4.69) is 19.6 Å². The molecule has 0 aromatic carbocycles. The van der Waals surface area contributed by atoms with Crippen molar-refractivity contribution in [1.29, 1.82) is 0 Å². The quantitative estimate of drug-likeness (QED) is 0.568. The summed E-state index contributed by atoms with van der Waals surface area (Å²) in [5.74, 6) is 4.16. The molecule has 0 N–H and O–H groups in total. The van der Waals surface area contributed by atoms with Crippen LogP contribution >= 0.6 is 0 Å². The first-order valence-corrected chi connectivity index (χ1v) is 8.37. The van der Waals surface area contributed by atoms with E-state index in [1.165, 1.54) is 38.5 Å². The molecular formula is C18H30. The molecule has 3 aliphatic carbocycles. The van der Waals surface area contributed by atoms with Crippen molar-refractivity contribution in [3.8, 4) is 0 Å². The summed E-state index contributed by atoms with van der Waals surface area (Å²) < 4.78 is 0. The highest BCUT2D eigenvalue weighted by Gasteiger charge is 2.53. The summed E-state index contributed by atoms with van der Waals surface area (Å²) in [6.07, 6.45) is 17.3. The van der Waals surface area contributed by atoms with E-state index >= 15 is 0 Å². The van der Waals surface area contributed by atoms with E-state index < -0.39 is 0 Å². The Labute approximate surface area is 113 Å². The van der Waals surface area contributed by atoms with Gasteiger partial charge in [-0.1, -0.05) is 38.7 Å². The van der Waals surface area contributed by atoms with E-state index in [-0.39, 0.29) is 0 Å². The molecule has 0 amide bonds. The molecule has 0 heteroatoms. The van der Waals surface area contributed by atoms with Gasteiger partial charge in [-0.15, -0.1) is 6.58 Å². The van der Waals surface area contributed by atoms with Crippen molar-refractivity contribution in [2.75, 3.05) is 0 Å². The van der Waals surface area contributed by atoms with Crippen LogP contribution in [-0.2, 0) is 0 Å². The maximum absolute atomic E-state index is 3.94. The van der Waals surface area contributed by atoms with Gasteiger partial charge in [0.15, 0.2) is 0 Å². The van der Waals surface area contributed by atoms with E-state index in [0.717, 1.165) is 29.1 Å². The third kappa shape index (κ3) is 2.28. The fraction of sp³-hybridized carbons (Fsp3) is 0.889. The Morgan fingerprint density at radius 2 is 1.67 bits per heavy atom. The number of rotatable bonds is 4. The Morgan fingerprint density at radius 3 is 2.22 bits per heavy atom. The molecule has 1 spiro atoms. The van der Waals surface area contributed by atoms with Crippen LogP contribution in [0.4, 0.5) is 0 Å². The average Bonchev–Trinajstić information content (AvgIpc) is 2.28. The summed E-state index contributed by atoms with van der Waals surface area (Å²) in [7, 11) is 0. The third-order valence-corrected chi connectivity index (χ3v) is 6.37. The van der Waals surface area contributed by atoms with Crippen molar-refractivity contribution in [1.82, 2.24) is 0 Å². The first-order valence-electron chi connectivity index (χ1n) is 8.37. The van der Waals surface area contributed by atoms with Gasteiger partial charge in [-0.25, -0.2) is 0 Å². The van der Waals surface area contributed by atoms with E-state index in [0.29, 0.717) is 0 Å². The van der Waals surface area contributed by atoms with Crippen molar-refractivity contribution in [3.63, 3.8) is 0 Å². The predicted molar refractivity (Wildman–Crippen MR) is 78.4 cm³/mol. The Morgan fingerprint density at radius 1 is 1.00 bits per heavy atom. The molecule has 0 unspecified atom stereocenters. The van der Waals surface area contributed by atoms with Crippen LogP contribution in [0, 0.1) is 29.1 Å². The molecule has 102 valence electrons. The van der Waals surface area contributed by atoms with E-state index in [9.17, 15) is 0 Å². The fourth-order valence-electron chi connectivity index (χ4n) is 5.30. The Hall–Kier alpha value is -0.260. The van der Waals surface area contributed by atoms with Crippen LogP contribution in [0.3, 0.4) is 0 Å². The van der Waals surface area contributed by atoms with Gasteiger partial charge in [-0.2, -0.15) is 0 Å². The van der Waals surface area contributed by atoms with Crippen LogP contribution in [0.15, 0.2) is 12.7 Å². The van der Waals surface area contributed by atoms with Crippen LogP contribution in [0.5, 0.6) is 0 Å². The van der Waals surface area contributed by atoms with Crippen molar-refractivity contribution in [2.24, 2.45) is 29.1 Å². The minimum absolute atomic E-state index is 0.809. The number of hydrogen-bond donors (Lipinski definition) is 0. The largest absolute Gasteiger partial charge is 0.103 e. The molecule has 18 heavy (non-hydrogen) atoms. The zero-order valence-corrected chi connectivity index (χ0v) is 12.2. The molecule has 0 saturated heterocycles. The lowest BCUT2D eigenvalue weighted by Gasteiger charge is -2.59. The Balaban J connectivity index is 1.40. The second-order valence-electron chi connectivity index (χ2n) is 7.64. The highest BCUT2D eigenvalue weighted by molar-refractivity contribution is 5.08. The zero-order chi connectivity index (χ0) is 12.6. The van der Waals surface area contributed by atoms with Gasteiger partial charge in [0.2, 0.25) is 0 Å². The second-order valence-corrected chi connectivity index (χ2v) is 7.64. The van der Waals surface area contributed by atoms with E-state index in [4.69, 9.17) is 0 Å². The first-order chi connectivity index (χ1) is 8.74. The SMILES string of the molecule is C=CC1CC2(C1)CC(C1CCC(CCC)CC1)C2. The third-order valence-electron chi connectivity index (χ3n) is 6.37. The van der Waals surface area contributed by atoms with Crippen molar-refractivity contribution in [3.05, 3.63) is 12.7 Å². The highest BCUT2D eigenvalue weighted by Crippen LogP contribution is 2.64. The van der Waals surface area contributed by atoms with Crippen LogP contribution in [0.1, 0.15) is 71.1 Å². The topological polar surface area (TPSA) is 0 Å². The van der Waals surface area contributed by atoms with Crippen molar-refractivity contribution in [2.45, 2.75) is 71.1 Å². The molecule has 3 fully saturated rings. The van der Waals surface area contributed by atoms with Gasteiger partial charge in [-0.05, 0) is 67.6 Å². The molecule has 0 aromatic rings. The summed E-state index contributed by atoms with van der Waals surface area (Å²) in [6.45, 7) is 6.28. The Bertz CT molecular complexity index is 281. The Kier molecular flexibility index (Phi) is 3.56. The maximum Gasteiger partial charge on any atom is -0.0226 e. The average molecular weight is 246 g/mol. The molecule has 0 heterocycles. The highest BCUT2D eigenvalue weighted by atomic mass is 14.6. The van der Waals surface area contributed by atoms with Gasteiger partial charge in [0.1, 0.15) is 0 Å². The summed E-state index contributed by atoms with van der Waals surface area (Å²) >= 11 is 0. The minimum Gasteiger partial charge on any atom is -0.103 e. The molecule has 3 rings (SSSR count). The smallest absolute Gasteiger partial charge is 0.0226 e. The fourth-order valence-corrected chi connectivity index (χ4v) is 5.30. The maximum atomic E-state index is 3.94. The molecule has 0 atom stereocenters. The van der Waals surface area contributed by atoms with Crippen molar-refractivity contribution < 1.29 is 0 Å². The van der Waals surface area contributed by atoms with Gasteiger partial charge in [0, 0.05) is 0 Å². The lowest BCUT2D eigenvalue weighted by molar-refractivity contribution is -0.0810. The van der Waals surface area contributed by atoms with Gasteiger partial charge in [-0.3, -0.25) is 0 Å². The monoisotopic (exact) mass is 246 g/mol. The summed E-state index contributed by atoms with van der Waals surface area (Å²) in [4.78, 5) is 0. The van der Waals surface area contributed by atoms with Crippen LogP contribution in [0.25, 0.3) is 0 Å². The molecule has 0 aliphatic heterocycles. The van der Waals surface area contributed by atoms with Crippen LogP contribution < -0.4 is 0 Å². The minimum atomic E-state index is 0.809. The van der Waals surface area contributed by atoms with Crippen molar-refractivity contribution >= 4 is 0 Å². The summed E-state index contributed by atoms with van der Waals surface area (Å²) in [6, 6.07) is 0. The van der Waals surface area contributed by atoms with Gasteiger partial charge < -0.3 is 0 Å². The summed E-state index contributed by atoms with van der Waals surface area (Å²) in [5.41, 5.74) is 0.809. The van der Waals surface area contributed by atoms with Gasteiger partial charge in [0.25, 0.3) is 0 Å². The second kappa shape index (κ2) is 5.02. The zero-order valence-electron chi connectivity index (χ0n) is 12.2. The molecule has 0 aromatic heterocycles. The summed E-state index contributed by atoms with van der Waals surface area (Å²) in [5, 5.41) is 0.